The Morgan fingerprint density at radius 3 is 0.849 bits per heavy atom. The van der Waals surface area contributed by atoms with Gasteiger partial charge in [0.25, 0.3) is 0 Å². The fourth-order valence-electron chi connectivity index (χ4n) is 8.74. The number of esters is 3. The lowest BCUT2D eigenvalue weighted by atomic mass is 10.0. The molecule has 0 saturated carbocycles. The van der Waals surface area contributed by atoms with Crippen LogP contribution >= 0.6 is 0 Å². The van der Waals surface area contributed by atoms with Gasteiger partial charge < -0.3 is 14.2 Å². The third kappa shape index (κ3) is 59.3. The van der Waals surface area contributed by atoms with E-state index in [0.29, 0.717) is 19.3 Å². The topological polar surface area (TPSA) is 78.9 Å². The molecule has 6 heteroatoms. The zero-order chi connectivity index (χ0) is 52.9. The number of hydrogen-bond donors (Lipinski definition) is 0. The van der Waals surface area contributed by atoms with Gasteiger partial charge in [-0.1, -0.05) is 273 Å². The number of carbonyl (C=O) groups excluding carboxylic acids is 3. The van der Waals surface area contributed by atoms with Crippen LogP contribution in [0.4, 0.5) is 0 Å². The summed E-state index contributed by atoms with van der Waals surface area (Å²) < 4.78 is 16.8. The van der Waals surface area contributed by atoms with Crippen molar-refractivity contribution in [2.45, 2.75) is 309 Å². The molecule has 420 valence electrons. The molecule has 0 aromatic rings. The lowest BCUT2D eigenvalue weighted by Gasteiger charge is -2.18. The zero-order valence-corrected chi connectivity index (χ0v) is 48.1. The van der Waals surface area contributed by atoms with Crippen LogP contribution in [-0.2, 0) is 28.6 Å². The smallest absolute Gasteiger partial charge is 0.306 e. The Kier molecular flexibility index (Phi) is 58.3. The molecule has 0 spiro atoms. The number of rotatable bonds is 56. The summed E-state index contributed by atoms with van der Waals surface area (Å²) >= 11 is 0. The third-order valence-corrected chi connectivity index (χ3v) is 13.4. The van der Waals surface area contributed by atoms with E-state index in [1.54, 1.807) is 0 Å². The first kappa shape index (κ1) is 69.6. The van der Waals surface area contributed by atoms with Crippen LogP contribution in [0.2, 0.25) is 0 Å². The average molecular weight is 1020 g/mol. The molecule has 1 atom stereocenters. The van der Waals surface area contributed by atoms with Crippen molar-refractivity contribution in [3.05, 3.63) is 85.1 Å². The Hall–Kier alpha value is -3.41. The van der Waals surface area contributed by atoms with E-state index in [-0.39, 0.29) is 31.1 Å². The highest BCUT2D eigenvalue weighted by molar-refractivity contribution is 5.71. The van der Waals surface area contributed by atoms with Gasteiger partial charge in [-0.3, -0.25) is 14.4 Å². The maximum absolute atomic E-state index is 12.8. The van der Waals surface area contributed by atoms with Crippen molar-refractivity contribution in [3.63, 3.8) is 0 Å². The quantitative estimate of drug-likeness (QED) is 0.0261. The SMILES string of the molecule is CC/C=C\C/C=C\C/C=C\C/C=C\C/C=C\C/C=C\CCCCCCCCC(=O)OCC(COC(=O)CCCCCCC)OC(=O)CCCCCCCCCCCCCCC/C=C\CCCCCCCCCC. The zero-order valence-electron chi connectivity index (χ0n) is 48.1. The van der Waals surface area contributed by atoms with Gasteiger partial charge in [0.1, 0.15) is 13.2 Å². The van der Waals surface area contributed by atoms with Gasteiger partial charge in [-0.2, -0.15) is 0 Å². The maximum Gasteiger partial charge on any atom is 0.306 e. The van der Waals surface area contributed by atoms with Crippen molar-refractivity contribution in [2.75, 3.05) is 13.2 Å². The van der Waals surface area contributed by atoms with E-state index in [1.807, 2.05) is 0 Å². The van der Waals surface area contributed by atoms with Crippen LogP contribution in [0.5, 0.6) is 0 Å². The molecule has 6 nitrogen and oxygen atoms in total. The number of hydrogen-bond acceptors (Lipinski definition) is 6. The summed E-state index contributed by atoms with van der Waals surface area (Å²) in [6, 6.07) is 0. The molecule has 0 aromatic heterocycles. The second kappa shape index (κ2) is 61.1. The first-order chi connectivity index (χ1) is 36.0. The number of allylic oxidation sites excluding steroid dienone is 14. The fraction of sp³-hybridized carbons (Fsp3) is 0.746. The summed E-state index contributed by atoms with van der Waals surface area (Å²) in [6.07, 6.45) is 80.6. The Morgan fingerprint density at radius 2 is 0.534 bits per heavy atom. The van der Waals surface area contributed by atoms with Gasteiger partial charge in [0.2, 0.25) is 0 Å². The highest BCUT2D eigenvalue weighted by atomic mass is 16.6. The number of carbonyl (C=O) groups is 3. The Balaban J connectivity index is 4.09. The summed E-state index contributed by atoms with van der Waals surface area (Å²) in [5, 5.41) is 0. The molecule has 0 rings (SSSR count). The summed E-state index contributed by atoms with van der Waals surface area (Å²) in [5.74, 6) is -0.902. The molecular formula is C67H116O6. The van der Waals surface area contributed by atoms with Crippen LogP contribution in [0, 0.1) is 0 Å². The molecule has 0 fully saturated rings. The molecule has 0 aliphatic rings. The van der Waals surface area contributed by atoms with Crippen LogP contribution < -0.4 is 0 Å². The number of ether oxygens (including phenoxy) is 3. The summed E-state index contributed by atoms with van der Waals surface area (Å²) in [5.41, 5.74) is 0. The minimum atomic E-state index is -0.780. The van der Waals surface area contributed by atoms with E-state index in [4.69, 9.17) is 14.2 Å². The largest absolute Gasteiger partial charge is 0.462 e. The van der Waals surface area contributed by atoms with Crippen molar-refractivity contribution in [2.24, 2.45) is 0 Å². The molecule has 1 unspecified atom stereocenters. The van der Waals surface area contributed by atoms with E-state index < -0.39 is 6.10 Å². The van der Waals surface area contributed by atoms with Crippen LogP contribution in [0.3, 0.4) is 0 Å². The highest BCUT2D eigenvalue weighted by Gasteiger charge is 2.19. The van der Waals surface area contributed by atoms with Crippen molar-refractivity contribution < 1.29 is 28.6 Å². The third-order valence-electron chi connectivity index (χ3n) is 13.4. The van der Waals surface area contributed by atoms with Crippen molar-refractivity contribution in [1.82, 2.24) is 0 Å². The summed E-state index contributed by atoms with van der Waals surface area (Å²) in [4.78, 5) is 37.9. The van der Waals surface area contributed by atoms with Gasteiger partial charge >= 0.3 is 17.9 Å². The number of unbranched alkanes of at least 4 members (excludes halogenated alkanes) is 31. The lowest BCUT2D eigenvalue weighted by Crippen LogP contribution is -2.30. The molecule has 0 aromatic carbocycles. The first-order valence-electron chi connectivity index (χ1n) is 31.1. The predicted octanol–water partition coefficient (Wildman–Crippen LogP) is 21.1. The molecule has 0 radical (unpaired) electrons. The molecule has 0 saturated heterocycles. The van der Waals surface area contributed by atoms with Crippen LogP contribution in [0.25, 0.3) is 0 Å². The van der Waals surface area contributed by atoms with Gasteiger partial charge in [0.05, 0.1) is 0 Å². The lowest BCUT2D eigenvalue weighted by molar-refractivity contribution is -0.167. The second-order valence-electron chi connectivity index (χ2n) is 20.6. The van der Waals surface area contributed by atoms with Gasteiger partial charge in [-0.05, 0) is 96.3 Å². The fourth-order valence-corrected chi connectivity index (χ4v) is 8.74. The van der Waals surface area contributed by atoms with Crippen LogP contribution in [0.15, 0.2) is 85.1 Å². The van der Waals surface area contributed by atoms with Gasteiger partial charge in [0.15, 0.2) is 6.10 Å². The van der Waals surface area contributed by atoms with E-state index in [2.05, 4.69) is 106 Å². The summed E-state index contributed by atoms with van der Waals surface area (Å²) in [6.45, 7) is 6.45. The standard InChI is InChI=1S/C67H116O6/c1-4-7-10-13-15-17-19-21-23-25-27-29-31-33-35-37-39-41-43-45-47-49-51-54-57-60-66(69)72-63-64(62-71-65(68)59-56-53-12-9-6-3)73-67(70)61-58-55-52-50-48-46-44-42-40-38-36-34-32-30-28-26-24-22-20-18-16-14-11-8-5-2/h7,10,15,17,21,23,26-29,33,35,39,41,64H,4-6,8-9,11-14,16,18-20,22,24-25,30-32,34,36-38,40,42-63H2,1-3H3/b10-7-,17-15-,23-21-,28-26-,29-27-,35-33-,41-39-. The van der Waals surface area contributed by atoms with Gasteiger partial charge in [0, 0.05) is 19.3 Å². The van der Waals surface area contributed by atoms with E-state index in [9.17, 15) is 14.4 Å². The van der Waals surface area contributed by atoms with Crippen molar-refractivity contribution in [1.29, 1.82) is 0 Å². The normalized spacial score (nSPS) is 12.6. The second-order valence-corrected chi connectivity index (χ2v) is 20.6. The monoisotopic (exact) mass is 1020 g/mol. The van der Waals surface area contributed by atoms with E-state index in [1.165, 1.54) is 148 Å². The highest BCUT2D eigenvalue weighted by Crippen LogP contribution is 2.16. The molecule has 0 N–H and O–H groups in total. The molecule has 0 aliphatic carbocycles. The maximum atomic E-state index is 12.8. The predicted molar refractivity (Wildman–Crippen MR) is 316 cm³/mol. The molecule has 73 heavy (non-hydrogen) atoms. The molecule has 0 heterocycles. The molecule has 0 aliphatic heterocycles. The molecular weight excluding hydrogens is 901 g/mol. The Labute approximate surface area is 452 Å². The summed E-state index contributed by atoms with van der Waals surface area (Å²) in [7, 11) is 0. The van der Waals surface area contributed by atoms with E-state index >= 15 is 0 Å². The molecule has 0 amide bonds. The van der Waals surface area contributed by atoms with Gasteiger partial charge in [-0.25, -0.2) is 0 Å². The average Bonchev–Trinajstić information content (AvgIpc) is 3.39. The minimum absolute atomic E-state index is 0.0809. The Morgan fingerprint density at radius 1 is 0.288 bits per heavy atom. The van der Waals surface area contributed by atoms with Crippen molar-refractivity contribution in [3.8, 4) is 0 Å². The van der Waals surface area contributed by atoms with Crippen LogP contribution in [0.1, 0.15) is 303 Å². The van der Waals surface area contributed by atoms with E-state index in [0.717, 1.165) is 116 Å². The minimum Gasteiger partial charge on any atom is -0.462 e. The molecule has 0 bridgehead atoms. The first-order valence-corrected chi connectivity index (χ1v) is 31.1. The Bertz CT molecular complexity index is 1400. The van der Waals surface area contributed by atoms with Gasteiger partial charge in [-0.15, -0.1) is 0 Å². The van der Waals surface area contributed by atoms with Crippen LogP contribution in [-0.4, -0.2) is 37.2 Å². The van der Waals surface area contributed by atoms with Crippen molar-refractivity contribution >= 4 is 17.9 Å².